The van der Waals surface area contributed by atoms with Gasteiger partial charge in [0.05, 0.1) is 29.8 Å². The van der Waals surface area contributed by atoms with Gasteiger partial charge in [-0.05, 0) is 31.2 Å². The lowest BCUT2D eigenvalue weighted by molar-refractivity contribution is 0.584. The monoisotopic (exact) mass is 256 g/mol. The zero-order valence-corrected chi connectivity index (χ0v) is 10.5. The summed E-state index contributed by atoms with van der Waals surface area (Å²) in [7, 11) is 0. The maximum absolute atomic E-state index is 12.7. The molecule has 0 aromatic carbocycles. The highest BCUT2D eigenvalue weighted by molar-refractivity contribution is 5.45. The van der Waals surface area contributed by atoms with Crippen molar-refractivity contribution < 1.29 is 4.39 Å². The highest BCUT2D eigenvalue weighted by atomic mass is 19.1. The number of aromatic nitrogens is 3. The number of fused-ring (bicyclic) bond motifs is 1. The Morgan fingerprint density at radius 2 is 2.16 bits per heavy atom. The molecular weight excluding hydrogens is 243 g/mol. The standard InChI is InChI=1S/C14H13FN4/c1-10-12(19-7-3-2-4-14(19)18-10)9-16-11-5-6-13(15)17-8-11/h2-8,16H,9H2,1H3. The quantitative estimate of drug-likeness (QED) is 0.733. The second kappa shape index (κ2) is 4.68. The fraction of sp³-hybridized carbons (Fsp3) is 0.143. The lowest BCUT2D eigenvalue weighted by Crippen LogP contribution is -2.04. The van der Waals surface area contributed by atoms with E-state index in [0.29, 0.717) is 6.54 Å². The predicted octanol–water partition coefficient (Wildman–Crippen LogP) is 2.79. The molecule has 0 atom stereocenters. The van der Waals surface area contributed by atoms with E-state index in [9.17, 15) is 4.39 Å². The summed E-state index contributed by atoms with van der Waals surface area (Å²) in [6.07, 6.45) is 3.46. The van der Waals surface area contributed by atoms with Gasteiger partial charge in [0, 0.05) is 6.20 Å². The zero-order chi connectivity index (χ0) is 13.2. The van der Waals surface area contributed by atoms with Crippen LogP contribution in [0.3, 0.4) is 0 Å². The van der Waals surface area contributed by atoms with Crippen LogP contribution >= 0.6 is 0 Å². The Kier molecular flexibility index (Phi) is 2.87. The minimum Gasteiger partial charge on any atom is -0.378 e. The van der Waals surface area contributed by atoms with E-state index in [1.54, 1.807) is 6.07 Å². The van der Waals surface area contributed by atoms with Crippen molar-refractivity contribution in [3.05, 3.63) is 60.1 Å². The number of aryl methyl sites for hydroxylation is 1. The SMILES string of the molecule is Cc1nc2ccccn2c1CNc1ccc(F)nc1. The van der Waals surface area contributed by atoms with Gasteiger partial charge in [-0.25, -0.2) is 9.97 Å². The summed E-state index contributed by atoms with van der Waals surface area (Å²) in [4.78, 5) is 8.10. The van der Waals surface area contributed by atoms with Crippen LogP contribution in [0.25, 0.3) is 5.65 Å². The molecule has 0 saturated heterocycles. The van der Waals surface area contributed by atoms with E-state index in [0.717, 1.165) is 22.7 Å². The Balaban J connectivity index is 1.85. The largest absolute Gasteiger partial charge is 0.378 e. The first-order valence-electron chi connectivity index (χ1n) is 6.02. The number of nitrogens with one attached hydrogen (secondary N) is 1. The van der Waals surface area contributed by atoms with Gasteiger partial charge in [0.2, 0.25) is 5.95 Å². The van der Waals surface area contributed by atoms with Crippen molar-refractivity contribution in [1.82, 2.24) is 14.4 Å². The lowest BCUT2D eigenvalue weighted by atomic mass is 10.3. The number of nitrogens with zero attached hydrogens (tertiary/aromatic N) is 3. The van der Waals surface area contributed by atoms with Gasteiger partial charge in [-0.15, -0.1) is 0 Å². The molecule has 19 heavy (non-hydrogen) atoms. The van der Waals surface area contributed by atoms with Crippen molar-refractivity contribution in [3.8, 4) is 0 Å². The van der Waals surface area contributed by atoms with Crippen LogP contribution in [0, 0.1) is 12.9 Å². The van der Waals surface area contributed by atoms with E-state index < -0.39 is 5.95 Å². The molecular formula is C14H13FN4. The summed E-state index contributed by atoms with van der Waals surface area (Å²) >= 11 is 0. The molecule has 3 aromatic rings. The van der Waals surface area contributed by atoms with Crippen molar-refractivity contribution in [2.75, 3.05) is 5.32 Å². The molecule has 0 aliphatic carbocycles. The van der Waals surface area contributed by atoms with Crippen LogP contribution in [0.5, 0.6) is 0 Å². The summed E-state index contributed by atoms with van der Waals surface area (Å²) < 4.78 is 14.8. The highest BCUT2D eigenvalue weighted by Crippen LogP contribution is 2.14. The Morgan fingerprint density at radius 1 is 1.26 bits per heavy atom. The van der Waals surface area contributed by atoms with E-state index in [1.165, 1.54) is 12.3 Å². The smallest absolute Gasteiger partial charge is 0.212 e. The second-order valence-electron chi connectivity index (χ2n) is 4.30. The first-order chi connectivity index (χ1) is 9.24. The zero-order valence-electron chi connectivity index (χ0n) is 10.5. The van der Waals surface area contributed by atoms with Gasteiger partial charge in [0.25, 0.3) is 0 Å². The number of hydrogen-bond donors (Lipinski definition) is 1. The van der Waals surface area contributed by atoms with Crippen LogP contribution in [0.1, 0.15) is 11.4 Å². The molecule has 0 bridgehead atoms. The van der Waals surface area contributed by atoms with Crippen molar-refractivity contribution in [2.45, 2.75) is 13.5 Å². The average Bonchev–Trinajstić information content (AvgIpc) is 2.74. The Morgan fingerprint density at radius 3 is 2.95 bits per heavy atom. The van der Waals surface area contributed by atoms with Crippen LogP contribution in [0.4, 0.5) is 10.1 Å². The minimum atomic E-state index is -0.475. The summed E-state index contributed by atoms with van der Waals surface area (Å²) in [5, 5.41) is 3.22. The Bertz CT molecular complexity index is 703. The first-order valence-corrected chi connectivity index (χ1v) is 6.02. The van der Waals surface area contributed by atoms with Gasteiger partial charge in [0.1, 0.15) is 5.65 Å². The van der Waals surface area contributed by atoms with Crippen LogP contribution < -0.4 is 5.32 Å². The van der Waals surface area contributed by atoms with E-state index in [-0.39, 0.29) is 0 Å². The predicted molar refractivity (Wildman–Crippen MR) is 71.5 cm³/mol. The fourth-order valence-electron chi connectivity index (χ4n) is 2.04. The fourth-order valence-corrected chi connectivity index (χ4v) is 2.04. The topological polar surface area (TPSA) is 42.2 Å². The molecule has 0 amide bonds. The summed E-state index contributed by atoms with van der Waals surface area (Å²) in [5.74, 6) is -0.475. The van der Waals surface area contributed by atoms with E-state index in [4.69, 9.17) is 0 Å². The molecule has 0 aliphatic heterocycles. The third kappa shape index (κ3) is 2.27. The van der Waals surface area contributed by atoms with E-state index in [2.05, 4.69) is 15.3 Å². The van der Waals surface area contributed by atoms with Crippen molar-refractivity contribution >= 4 is 11.3 Å². The van der Waals surface area contributed by atoms with Crippen molar-refractivity contribution in [1.29, 1.82) is 0 Å². The summed E-state index contributed by atoms with van der Waals surface area (Å²) in [5.41, 5.74) is 3.77. The van der Waals surface area contributed by atoms with Crippen molar-refractivity contribution in [2.24, 2.45) is 0 Å². The van der Waals surface area contributed by atoms with Gasteiger partial charge in [0.15, 0.2) is 0 Å². The minimum absolute atomic E-state index is 0.475. The van der Waals surface area contributed by atoms with Crippen LogP contribution in [0.2, 0.25) is 0 Å². The average molecular weight is 256 g/mol. The Hall–Kier alpha value is -2.43. The van der Waals surface area contributed by atoms with Crippen LogP contribution in [-0.4, -0.2) is 14.4 Å². The Labute approximate surface area is 109 Å². The normalized spacial score (nSPS) is 10.8. The number of anilines is 1. The van der Waals surface area contributed by atoms with Gasteiger partial charge in [-0.1, -0.05) is 6.07 Å². The number of pyridine rings is 2. The van der Waals surface area contributed by atoms with E-state index in [1.807, 2.05) is 35.7 Å². The highest BCUT2D eigenvalue weighted by Gasteiger charge is 2.07. The number of hydrogen-bond acceptors (Lipinski definition) is 3. The number of imidazole rings is 1. The first kappa shape index (κ1) is 11.6. The molecule has 5 heteroatoms. The molecule has 96 valence electrons. The molecule has 3 rings (SSSR count). The van der Waals surface area contributed by atoms with Gasteiger partial charge < -0.3 is 9.72 Å². The third-order valence-corrected chi connectivity index (χ3v) is 3.02. The maximum atomic E-state index is 12.7. The van der Waals surface area contributed by atoms with Gasteiger partial charge >= 0.3 is 0 Å². The molecule has 3 heterocycles. The van der Waals surface area contributed by atoms with Gasteiger partial charge in [-0.2, -0.15) is 4.39 Å². The van der Waals surface area contributed by atoms with Crippen LogP contribution in [0.15, 0.2) is 42.7 Å². The van der Waals surface area contributed by atoms with Gasteiger partial charge in [-0.3, -0.25) is 0 Å². The summed E-state index contributed by atoms with van der Waals surface area (Å²) in [6, 6.07) is 8.90. The molecule has 0 saturated carbocycles. The molecule has 0 unspecified atom stereocenters. The van der Waals surface area contributed by atoms with Crippen LogP contribution in [-0.2, 0) is 6.54 Å². The second-order valence-corrected chi connectivity index (χ2v) is 4.30. The van der Waals surface area contributed by atoms with E-state index >= 15 is 0 Å². The van der Waals surface area contributed by atoms with Crippen molar-refractivity contribution in [3.63, 3.8) is 0 Å². The maximum Gasteiger partial charge on any atom is 0.212 e. The molecule has 4 nitrogen and oxygen atoms in total. The third-order valence-electron chi connectivity index (χ3n) is 3.02. The number of rotatable bonds is 3. The summed E-state index contributed by atoms with van der Waals surface area (Å²) in [6.45, 7) is 2.59. The molecule has 0 spiro atoms. The number of halogens is 1. The molecule has 0 aliphatic rings. The molecule has 0 radical (unpaired) electrons. The molecule has 3 aromatic heterocycles. The molecule has 0 fully saturated rings. The molecule has 1 N–H and O–H groups in total. The lowest BCUT2D eigenvalue weighted by Gasteiger charge is -2.06.